The molecule has 0 fully saturated rings. The fourth-order valence-electron chi connectivity index (χ4n) is 1.20. The van der Waals surface area contributed by atoms with Crippen LogP contribution in [0.1, 0.15) is 0 Å². The quantitative estimate of drug-likeness (QED) is 0.772. The summed E-state index contributed by atoms with van der Waals surface area (Å²) >= 11 is 3.27. The van der Waals surface area contributed by atoms with Gasteiger partial charge in [0.2, 0.25) is 0 Å². The van der Waals surface area contributed by atoms with E-state index in [-0.39, 0.29) is 0 Å². The summed E-state index contributed by atoms with van der Waals surface area (Å²) < 4.78 is 27.2. The number of benzene rings is 1. The summed E-state index contributed by atoms with van der Waals surface area (Å²) in [7, 11) is -1.82. The van der Waals surface area contributed by atoms with Gasteiger partial charge in [0.05, 0.1) is 11.4 Å². The highest BCUT2D eigenvalue weighted by molar-refractivity contribution is 9.10. The molecular weight excluding hydrogens is 256 g/mol. The van der Waals surface area contributed by atoms with E-state index in [1.807, 2.05) is 0 Å². The largest absolute Gasteiger partial charge is 0.323 e. The second-order valence-electron chi connectivity index (χ2n) is 2.74. The SMILES string of the molecule is CN1c2ccc(Br)cc2NS1(=O)=O. The van der Waals surface area contributed by atoms with Crippen molar-refractivity contribution in [2.75, 3.05) is 16.1 Å². The molecule has 0 saturated carbocycles. The highest BCUT2D eigenvalue weighted by Crippen LogP contribution is 2.35. The molecule has 1 aromatic rings. The first-order valence-electron chi connectivity index (χ1n) is 3.57. The van der Waals surface area contributed by atoms with Crippen molar-refractivity contribution in [2.45, 2.75) is 0 Å². The smallest absolute Gasteiger partial charge is 0.264 e. The summed E-state index contributed by atoms with van der Waals surface area (Å²) in [5.74, 6) is 0. The standard InChI is InChI=1S/C7H7BrN2O2S/c1-10-7-3-2-5(8)4-6(7)9-13(10,11)12/h2-4,9H,1H3. The van der Waals surface area contributed by atoms with Crippen LogP contribution in [0.4, 0.5) is 11.4 Å². The van der Waals surface area contributed by atoms with Crippen LogP contribution in [0.25, 0.3) is 0 Å². The summed E-state index contributed by atoms with van der Waals surface area (Å²) in [4.78, 5) is 0. The Labute approximate surface area is 84.9 Å². The van der Waals surface area contributed by atoms with Gasteiger partial charge in [0.1, 0.15) is 0 Å². The Hall–Kier alpha value is -0.750. The Bertz CT molecular complexity index is 458. The molecule has 13 heavy (non-hydrogen) atoms. The molecule has 0 saturated heterocycles. The molecule has 2 rings (SSSR count). The molecule has 6 heteroatoms. The van der Waals surface area contributed by atoms with Crippen molar-refractivity contribution in [2.24, 2.45) is 0 Å². The average Bonchev–Trinajstić information content (AvgIpc) is 2.22. The van der Waals surface area contributed by atoms with E-state index in [4.69, 9.17) is 0 Å². The first-order chi connectivity index (χ1) is 6.00. The van der Waals surface area contributed by atoms with Crippen molar-refractivity contribution in [3.63, 3.8) is 0 Å². The molecule has 0 radical (unpaired) electrons. The minimum absolute atomic E-state index is 0.608. The number of hydrogen-bond donors (Lipinski definition) is 1. The van der Waals surface area contributed by atoms with E-state index < -0.39 is 10.2 Å². The molecule has 0 aromatic heterocycles. The highest BCUT2D eigenvalue weighted by atomic mass is 79.9. The molecule has 1 aliphatic rings. The fraction of sp³-hybridized carbons (Fsp3) is 0.143. The minimum atomic E-state index is -3.34. The zero-order chi connectivity index (χ0) is 9.64. The van der Waals surface area contributed by atoms with Crippen LogP contribution in [-0.4, -0.2) is 15.5 Å². The molecule has 4 nitrogen and oxygen atoms in total. The maximum Gasteiger partial charge on any atom is 0.323 e. The van der Waals surface area contributed by atoms with Crippen LogP contribution < -0.4 is 9.03 Å². The van der Waals surface area contributed by atoms with Gasteiger partial charge in [-0.1, -0.05) is 15.9 Å². The molecule has 0 aliphatic carbocycles. The van der Waals surface area contributed by atoms with Crippen LogP contribution in [0.15, 0.2) is 22.7 Å². The molecule has 70 valence electrons. The van der Waals surface area contributed by atoms with Crippen LogP contribution in [-0.2, 0) is 10.2 Å². The predicted octanol–water partition coefficient (Wildman–Crippen LogP) is 1.56. The number of fused-ring (bicyclic) bond motifs is 1. The molecule has 0 unspecified atom stereocenters. The number of hydrogen-bond acceptors (Lipinski definition) is 2. The van der Waals surface area contributed by atoms with E-state index in [9.17, 15) is 8.42 Å². The van der Waals surface area contributed by atoms with Gasteiger partial charge in [-0.05, 0) is 18.2 Å². The average molecular weight is 263 g/mol. The van der Waals surface area contributed by atoms with Gasteiger partial charge in [0, 0.05) is 11.5 Å². The Morgan fingerprint density at radius 3 is 2.85 bits per heavy atom. The van der Waals surface area contributed by atoms with Crippen molar-refractivity contribution < 1.29 is 8.42 Å². The van der Waals surface area contributed by atoms with Crippen LogP contribution in [0, 0.1) is 0 Å². The first kappa shape index (κ1) is 8.83. The monoisotopic (exact) mass is 262 g/mol. The molecule has 0 amide bonds. The summed E-state index contributed by atoms with van der Waals surface area (Å²) in [6.07, 6.45) is 0. The van der Waals surface area contributed by atoms with Gasteiger partial charge >= 0.3 is 10.2 Å². The topological polar surface area (TPSA) is 49.4 Å². The zero-order valence-electron chi connectivity index (χ0n) is 6.78. The third-order valence-corrected chi connectivity index (χ3v) is 3.79. The fourth-order valence-corrected chi connectivity index (χ4v) is 2.56. The number of nitrogens with one attached hydrogen (secondary N) is 1. The lowest BCUT2D eigenvalue weighted by Gasteiger charge is -2.08. The van der Waals surface area contributed by atoms with E-state index in [1.54, 1.807) is 18.2 Å². The second kappa shape index (κ2) is 2.62. The second-order valence-corrected chi connectivity index (χ2v) is 5.35. The summed E-state index contributed by atoms with van der Waals surface area (Å²) in [5, 5.41) is 0. The minimum Gasteiger partial charge on any atom is -0.264 e. The van der Waals surface area contributed by atoms with E-state index in [0.717, 1.165) is 4.47 Å². The third-order valence-electron chi connectivity index (χ3n) is 1.90. The van der Waals surface area contributed by atoms with Gasteiger partial charge in [0.25, 0.3) is 0 Å². The lowest BCUT2D eigenvalue weighted by molar-refractivity contribution is 0.601. The molecule has 1 aliphatic heterocycles. The van der Waals surface area contributed by atoms with E-state index in [0.29, 0.717) is 11.4 Å². The maximum absolute atomic E-state index is 11.3. The number of anilines is 2. The van der Waals surface area contributed by atoms with E-state index >= 15 is 0 Å². The summed E-state index contributed by atoms with van der Waals surface area (Å²) in [6.45, 7) is 0. The molecule has 0 spiro atoms. The van der Waals surface area contributed by atoms with Crippen molar-refractivity contribution in [1.82, 2.24) is 0 Å². The Morgan fingerprint density at radius 1 is 1.46 bits per heavy atom. The van der Waals surface area contributed by atoms with Gasteiger partial charge in [-0.3, -0.25) is 9.03 Å². The predicted molar refractivity (Wildman–Crippen MR) is 55.1 cm³/mol. The number of rotatable bonds is 0. The van der Waals surface area contributed by atoms with Gasteiger partial charge in [-0.15, -0.1) is 0 Å². The van der Waals surface area contributed by atoms with Crippen molar-refractivity contribution in [3.8, 4) is 0 Å². The molecule has 1 N–H and O–H groups in total. The lowest BCUT2D eigenvalue weighted by Crippen LogP contribution is -2.25. The molecule has 1 heterocycles. The van der Waals surface area contributed by atoms with Gasteiger partial charge in [0.15, 0.2) is 0 Å². The van der Waals surface area contributed by atoms with Crippen LogP contribution in [0.2, 0.25) is 0 Å². The number of nitrogens with zero attached hydrogens (tertiary/aromatic N) is 1. The molecule has 0 bridgehead atoms. The van der Waals surface area contributed by atoms with Crippen molar-refractivity contribution in [3.05, 3.63) is 22.7 Å². The Kier molecular flexibility index (Phi) is 1.78. The van der Waals surface area contributed by atoms with Crippen LogP contribution in [0.5, 0.6) is 0 Å². The van der Waals surface area contributed by atoms with E-state index in [2.05, 4.69) is 20.7 Å². The van der Waals surface area contributed by atoms with E-state index in [1.165, 1.54) is 11.4 Å². The third kappa shape index (κ3) is 1.30. The van der Waals surface area contributed by atoms with Crippen LogP contribution in [0.3, 0.4) is 0 Å². The number of halogens is 1. The molecule has 0 atom stereocenters. The first-order valence-corrected chi connectivity index (χ1v) is 5.80. The lowest BCUT2D eigenvalue weighted by atomic mass is 10.3. The molecule has 1 aromatic carbocycles. The summed E-state index contributed by atoms with van der Waals surface area (Å²) in [5.41, 5.74) is 1.28. The van der Waals surface area contributed by atoms with Gasteiger partial charge < -0.3 is 0 Å². The Morgan fingerprint density at radius 2 is 2.15 bits per heavy atom. The van der Waals surface area contributed by atoms with Crippen molar-refractivity contribution in [1.29, 1.82) is 0 Å². The maximum atomic E-state index is 11.3. The Balaban J connectivity index is 2.63. The van der Waals surface area contributed by atoms with Gasteiger partial charge in [-0.2, -0.15) is 8.42 Å². The highest BCUT2D eigenvalue weighted by Gasteiger charge is 2.28. The zero-order valence-corrected chi connectivity index (χ0v) is 9.18. The van der Waals surface area contributed by atoms with Gasteiger partial charge in [-0.25, -0.2) is 0 Å². The summed E-state index contributed by atoms with van der Waals surface area (Å²) in [6, 6.07) is 5.28. The molecular formula is C7H7BrN2O2S. The normalized spacial score (nSPS) is 18.2. The van der Waals surface area contributed by atoms with Crippen molar-refractivity contribution >= 4 is 37.5 Å². The van der Waals surface area contributed by atoms with Crippen LogP contribution >= 0.6 is 15.9 Å².